The Morgan fingerprint density at radius 3 is 2.44 bits per heavy atom. The average molecular weight is 338 g/mol. The largest absolute Gasteiger partial charge is 0.281 e. The normalized spacial score (nSPS) is 12.3. The van der Waals surface area contributed by atoms with Crippen molar-refractivity contribution in [2.24, 2.45) is 0 Å². The number of nitrogens with one attached hydrogen (secondary N) is 1. The van der Waals surface area contributed by atoms with E-state index in [0.29, 0.717) is 22.8 Å². The molecule has 0 bridgehead atoms. The van der Waals surface area contributed by atoms with Crippen LogP contribution >= 0.6 is 15.9 Å². The van der Waals surface area contributed by atoms with Gasteiger partial charge in [-0.05, 0) is 26.7 Å². The highest BCUT2D eigenvalue weighted by atomic mass is 79.9. The summed E-state index contributed by atoms with van der Waals surface area (Å²) < 4.78 is 26.1. The van der Waals surface area contributed by atoms with Gasteiger partial charge in [0, 0.05) is 18.9 Å². The van der Waals surface area contributed by atoms with E-state index >= 15 is 0 Å². The van der Waals surface area contributed by atoms with Crippen molar-refractivity contribution in [1.82, 2.24) is 14.5 Å². The third-order valence-electron chi connectivity index (χ3n) is 2.84. The lowest BCUT2D eigenvalue weighted by molar-refractivity contribution is 0.454. The van der Waals surface area contributed by atoms with Gasteiger partial charge in [-0.1, -0.05) is 22.4 Å². The minimum Gasteiger partial charge on any atom is -0.281 e. The first-order valence-electron chi connectivity index (χ1n) is 5.95. The van der Waals surface area contributed by atoms with Crippen LogP contribution in [0.15, 0.2) is 4.90 Å². The van der Waals surface area contributed by atoms with Crippen LogP contribution in [0.2, 0.25) is 0 Å². The summed E-state index contributed by atoms with van der Waals surface area (Å²) in [5.41, 5.74) is 1.12. The zero-order valence-corrected chi connectivity index (χ0v) is 13.4. The molecule has 18 heavy (non-hydrogen) atoms. The van der Waals surface area contributed by atoms with Gasteiger partial charge in [0.2, 0.25) is 10.0 Å². The topological polar surface area (TPSA) is 66.1 Å². The van der Waals surface area contributed by atoms with E-state index in [1.807, 2.05) is 0 Å². The molecule has 0 unspecified atom stereocenters. The molecule has 0 spiro atoms. The van der Waals surface area contributed by atoms with E-state index < -0.39 is 10.0 Å². The fraction of sp³-hybridized carbons (Fsp3) is 0.727. The van der Waals surface area contributed by atoms with Gasteiger partial charge < -0.3 is 0 Å². The predicted molar refractivity (Wildman–Crippen MR) is 75.5 cm³/mol. The maximum atomic E-state index is 12.4. The van der Waals surface area contributed by atoms with Crippen LogP contribution in [0.4, 0.5) is 0 Å². The van der Waals surface area contributed by atoms with Crippen molar-refractivity contribution >= 4 is 26.0 Å². The number of H-pyrrole nitrogens is 1. The quantitative estimate of drug-likeness (QED) is 0.612. The number of halogens is 1. The number of hydrogen-bond acceptors (Lipinski definition) is 3. The maximum Gasteiger partial charge on any atom is 0.246 e. The molecule has 0 saturated carbocycles. The second-order valence-corrected chi connectivity index (χ2v) is 7.11. The van der Waals surface area contributed by atoms with Gasteiger partial charge in [-0.25, -0.2) is 12.7 Å². The van der Waals surface area contributed by atoms with Gasteiger partial charge in [-0.15, -0.1) is 0 Å². The molecule has 0 fully saturated rings. The lowest BCUT2D eigenvalue weighted by atomic mass is 10.2. The van der Waals surface area contributed by atoms with Crippen LogP contribution in [-0.4, -0.2) is 41.8 Å². The van der Waals surface area contributed by atoms with Crippen molar-refractivity contribution < 1.29 is 8.42 Å². The van der Waals surface area contributed by atoms with Crippen LogP contribution in [-0.2, 0) is 10.0 Å². The third-order valence-corrected chi connectivity index (χ3v) is 5.52. The zero-order valence-electron chi connectivity index (χ0n) is 11.0. The molecule has 0 atom stereocenters. The molecule has 0 radical (unpaired) electrons. The van der Waals surface area contributed by atoms with Crippen LogP contribution < -0.4 is 0 Å². The van der Waals surface area contributed by atoms with Crippen molar-refractivity contribution in [2.45, 2.75) is 38.0 Å². The van der Waals surface area contributed by atoms with Gasteiger partial charge in [-0.2, -0.15) is 5.10 Å². The highest BCUT2D eigenvalue weighted by Crippen LogP contribution is 2.20. The molecule has 1 rings (SSSR count). The minimum absolute atomic E-state index is 0.311. The summed E-state index contributed by atoms with van der Waals surface area (Å²) in [6, 6.07) is 0. The lowest BCUT2D eigenvalue weighted by Gasteiger charge is -2.17. The van der Waals surface area contributed by atoms with E-state index in [1.54, 1.807) is 20.9 Å². The molecular weight excluding hydrogens is 318 g/mol. The minimum atomic E-state index is -3.42. The first-order chi connectivity index (χ1) is 8.41. The van der Waals surface area contributed by atoms with E-state index in [0.717, 1.165) is 24.6 Å². The number of rotatable bonds is 7. The molecule has 1 aromatic heterocycles. The molecule has 5 nitrogen and oxygen atoms in total. The van der Waals surface area contributed by atoms with E-state index in [1.165, 1.54) is 4.31 Å². The van der Waals surface area contributed by atoms with E-state index in [9.17, 15) is 8.42 Å². The van der Waals surface area contributed by atoms with Crippen molar-refractivity contribution in [3.05, 3.63) is 11.4 Å². The van der Waals surface area contributed by atoms with E-state index in [4.69, 9.17) is 0 Å². The Balaban J connectivity index is 2.75. The average Bonchev–Trinajstić information content (AvgIpc) is 2.64. The van der Waals surface area contributed by atoms with Crippen molar-refractivity contribution in [2.75, 3.05) is 18.9 Å². The smallest absolute Gasteiger partial charge is 0.246 e. The van der Waals surface area contributed by atoms with Crippen LogP contribution in [0.5, 0.6) is 0 Å². The SMILES string of the molecule is Cc1n[nH]c(C)c1S(=O)(=O)N(C)CCCCCBr. The molecular formula is C11H20BrN3O2S. The molecule has 0 aliphatic rings. The maximum absolute atomic E-state index is 12.4. The Kier molecular flexibility index (Phi) is 5.81. The Hall–Kier alpha value is -0.400. The van der Waals surface area contributed by atoms with Gasteiger partial charge in [0.25, 0.3) is 0 Å². The van der Waals surface area contributed by atoms with Crippen LogP contribution in [0.1, 0.15) is 30.7 Å². The van der Waals surface area contributed by atoms with Gasteiger partial charge in [-0.3, -0.25) is 5.10 Å². The van der Waals surface area contributed by atoms with Gasteiger partial charge in [0.15, 0.2) is 0 Å². The molecule has 0 aromatic carbocycles. The molecule has 0 amide bonds. The van der Waals surface area contributed by atoms with Crippen LogP contribution in [0.3, 0.4) is 0 Å². The predicted octanol–water partition coefficient (Wildman–Crippen LogP) is 2.21. The van der Waals surface area contributed by atoms with Gasteiger partial charge >= 0.3 is 0 Å². The van der Waals surface area contributed by atoms with Crippen molar-refractivity contribution in [1.29, 1.82) is 0 Å². The highest BCUT2D eigenvalue weighted by molar-refractivity contribution is 9.09. The van der Waals surface area contributed by atoms with Gasteiger partial charge in [0.05, 0.1) is 11.4 Å². The first kappa shape index (κ1) is 15.7. The highest BCUT2D eigenvalue weighted by Gasteiger charge is 2.26. The van der Waals surface area contributed by atoms with Crippen molar-refractivity contribution in [3.63, 3.8) is 0 Å². The number of unbranched alkanes of at least 4 members (excludes halogenated alkanes) is 2. The van der Waals surface area contributed by atoms with Crippen molar-refractivity contribution in [3.8, 4) is 0 Å². The number of hydrogen-bond donors (Lipinski definition) is 1. The number of alkyl halides is 1. The molecule has 104 valence electrons. The van der Waals surface area contributed by atoms with E-state index in [-0.39, 0.29) is 0 Å². The second-order valence-electron chi connectivity index (χ2n) is 4.34. The number of aryl methyl sites for hydroxylation is 2. The summed E-state index contributed by atoms with van der Waals surface area (Å²) in [6.45, 7) is 3.97. The fourth-order valence-electron chi connectivity index (χ4n) is 1.80. The Morgan fingerprint density at radius 2 is 1.94 bits per heavy atom. The Bertz CT molecular complexity index is 465. The molecule has 0 saturated heterocycles. The molecule has 1 aromatic rings. The number of nitrogens with zero attached hydrogens (tertiary/aromatic N) is 2. The van der Waals surface area contributed by atoms with E-state index in [2.05, 4.69) is 26.1 Å². The molecule has 1 heterocycles. The van der Waals surface area contributed by atoms with Gasteiger partial charge in [0.1, 0.15) is 4.90 Å². The first-order valence-corrected chi connectivity index (χ1v) is 8.51. The number of aromatic nitrogens is 2. The third kappa shape index (κ3) is 3.55. The summed E-state index contributed by atoms with van der Waals surface area (Å²) in [6.07, 6.45) is 2.96. The Labute approximate surface area is 117 Å². The number of aromatic amines is 1. The summed E-state index contributed by atoms with van der Waals surface area (Å²) in [5.74, 6) is 0. The fourth-order valence-corrected chi connectivity index (χ4v) is 3.73. The zero-order chi connectivity index (χ0) is 13.8. The second kappa shape index (κ2) is 6.68. The molecule has 0 aliphatic heterocycles. The molecule has 7 heteroatoms. The van der Waals surface area contributed by atoms with Crippen LogP contribution in [0, 0.1) is 13.8 Å². The summed E-state index contributed by atoms with van der Waals surface area (Å²) in [4.78, 5) is 0.311. The number of sulfonamides is 1. The Morgan fingerprint density at radius 1 is 1.28 bits per heavy atom. The molecule has 0 aliphatic carbocycles. The summed E-state index contributed by atoms with van der Waals surface area (Å²) in [5, 5.41) is 7.61. The summed E-state index contributed by atoms with van der Waals surface area (Å²) >= 11 is 3.36. The lowest BCUT2D eigenvalue weighted by Crippen LogP contribution is -2.28. The molecule has 1 N–H and O–H groups in total. The van der Waals surface area contributed by atoms with Crippen LogP contribution in [0.25, 0.3) is 0 Å². The summed E-state index contributed by atoms with van der Waals surface area (Å²) in [7, 11) is -1.80. The monoisotopic (exact) mass is 337 g/mol. The standard InChI is InChI=1S/C11H20BrN3O2S/c1-9-11(10(2)14-13-9)18(16,17)15(3)8-6-4-5-7-12/h4-8H2,1-3H3,(H,13,14).